The number of rotatable bonds is 10. The third-order valence-electron chi connectivity index (χ3n) is 14.5. The van der Waals surface area contributed by atoms with E-state index in [1.165, 1.54) is 38.5 Å². The van der Waals surface area contributed by atoms with Crippen LogP contribution in [0.2, 0.25) is 16.6 Å². The number of carbonyl (C=O) groups excluding carboxylic acids is 2. The third kappa shape index (κ3) is 7.87. The van der Waals surface area contributed by atoms with Gasteiger partial charge < -0.3 is 28.6 Å². The lowest BCUT2D eigenvalue weighted by Crippen LogP contribution is -2.56. The van der Waals surface area contributed by atoms with Crippen LogP contribution in [0, 0.1) is 28.9 Å². The van der Waals surface area contributed by atoms with Crippen LogP contribution in [0.5, 0.6) is 17.5 Å². The monoisotopic (exact) mass is 919 g/mol. The van der Waals surface area contributed by atoms with E-state index in [0.29, 0.717) is 25.8 Å². The molecule has 348 valence electrons. The Morgan fingerprint density at radius 2 is 1.60 bits per heavy atom. The lowest BCUT2D eigenvalue weighted by atomic mass is 9.92. The summed E-state index contributed by atoms with van der Waals surface area (Å²) in [4.78, 5) is 40.4. The number of carbonyl (C=O) groups is 2. The van der Waals surface area contributed by atoms with Gasteiger partial charge in [0, 0.05) is 37.0 Å². The molecular formula is C48H57F4N5O7Si. The zero-order valence-electron chi connectivity index (χ0n) is 38.5. The van der Waals surface area contributed by atoms with Gasteiger partial charge in [0.25, 0.3) is 0 Å². The molecule has 4 saturated heterocycles. The molecule has 1 aromatic heterocycles. The van der Waals surface area contributed by atoms with Crippen LogP contribution in [0.1, 0.15) is 79.2 Å². The van der Waals surface area contributed by atoms with Crippen LogP contribution >= 0.6 is 0 Å². The quantitative estimate of drug-likeness (QED) is 0.0498. The van der Waals surface area contributed by atoms with Crippen molar-refractivity contribution in [1.82, 2.24) is 19.8 Å². The first-order valence-corrected chi connectivity index (χ1v) is 24.7. The fraction of sp³-hybridized carbons (Fsp3) is 0.542. The minimum Gasteiger partial charge on any atom is -0.493 e. The molecule has 1 amide bonds. The topological polar surface area (TPSA) is 116 Å². The van der Waals surface area contributed by atoms with Crippen LogP contribution < -0.4 is 19.1 Å². The number of methoxy groups -OCH3 is 3. The Hall–Kier alpha value is -5.34. The highest BCUT2D eigenvalue weighted by Crippen LogP contribution is 2.48. The molecule has 4 atom stereocenters. The molecule has 4 aliphatic rings. The van der Waals surface area contributed by atoms with Crippen LogP contribution in [-0.2, 0) is 9.47 Å². The second-order valence-corrected chi connectivity index (χ2v) is 24.4. The van der Waals surface area contributed by atoms with Crippen molar-refractivity contribution in [2.75, 3.05) is 59.0 Å². The van der Waals surface area contributed by atoms with Crippen molar-refractivity contribution in [2.45, 2.75) is 114 Å². The first-order chi connectivity index (χ1) is 31.0. The van der Waals surface area contributed by atoms with E-state index in [1.807, 2.05) is 4.90 Å². The average Bonchev–Trinajstić information content (AvgIpc) is 3.89. The number of aromatic nitrogens is 2. The van der Waals surface area contributed by atoms with Crippen molar-refractivity contribution in [3.05, 3.63) is 47.3 Å². The van der Waals surface area contributed by atoms with E-state index in [-0.39, 0.29) is 112 Å². The summed E-state index contributed by atoms with van der Waals surface area (Å²) in [5.74, 6) is -0.232. The summed E-state index contributed by atoms with van der Waals surface area (Å²) in [6, 6.07) is 4.57. The number of nitrogens with zero attached hydrogens (tertiary/aromatic N) is 5. The maximum absolute atomic E-state index is 18.1. The first kappa shape index (κ1) is 46.2. The lowest BCUT2D eigenvalue weighted by Gasteiger charge is -2.41. The average molecular weight is 920 g/mol. The summed E-state index contributed by atoms with van der Waals surface area (Å²) < 4.78 is 94.7. The number of anilines is 1. The van der Waals surface area contributed by atoms with Crippen molar-refractivity contribution >= 4 is 47.8 Å². The van der Waals surface area contributed by atoms with E-state index in [2.05, 4.69) is 62.9 Å². The molecule has 17 heteroatoms. The van der Waals surface area contributed by atoms with Crippen LogP contribution in [0.25, 0.3) is 32.8 Å². The van der Waals surface area contributed by atoms with E-state index in [1.54, 1.807) is 4.90 Å². The summed E-state index contributed by atoms with van der Waals surface area (Å²) in [5, 5.41) is 0.274. The number of amides is 1. The third-order valence-corrected chi connectivity index (χ3v) is 20.8. The second kappa shape index (κ2) is 17.8. The Bertz CT molecular complexity index is 2570. The van der Waals surface area contributed by atoms with E-state index in [0.717, 1.165) is 13.5 Å². The highest BCUT2D eigenvalue weighted by atomic mass is 28.3. The number of ether oxygens (including phenoxy) is 5. The van der Waals surface area contributed by atoms with Gasteiger partial charge in [-0.2, -0.15) is 9.97 Å². The fourth-order valence-electron chi connectivity index (χ4n) is 11.6. The Balaban J connectivity index is 1.39. The summed E-state index contributed by atoms with van der Waals surface area (Å²) in [7, 11) is 1.22. The van der Waals surface area contributed by atoms with Gasteiger partial charge in [-0.25, -0.2) is 27.2 Å². The Morgan fingerprint density at radius 3 is 2.23 bits per heavy atom. The van der Waals surface area contributed by atoms with Crippen LogP contribution in [0.4, 0.5) is 33.0 Å². The zero-order valence-corrected chi connectivity index (χ0v) is 39.5. The van der Waals surface area contributed by atoms with Crippen LogP contribution in [-0.4, -0.2) is 118 Å². The van der Waals surface area contributed by atoms with Gasteiger partial charge in [-0.3, -0.25) is 9.80 Å². The lowest BCUT2D eigenvalue weighted by molar-refractivity contribution is 0.0959. The SMILES string of the molecule is COC(=O)Oc1cc(-c2c(F)c(OC)c3c(N4CC5CCC(C4)N5C(=O)OC)nc(OC[C@@]45CCCN4C[C@H](F)C5)nc3c2F)c2c(C#C[Si](C(C)C)(C(C)C)C(C)C)c(F)ccc2c1. The van der Waals surface area contributed by atoms with Gasteiger partial charge in [-0.1, -0.05) is 53.5 Å². The predicted octanol–water partition coefficient (Wildman–Crippen LogP) is 9.97. The molecule has 5 heterocycles. The minimum absolute atomic E-state index is 0.0271. The number of hydrogen-bond acceptors (Lipinski definition) is 11. The number of fused-ring (bicyclic) bond motifs is 5. The summed E-state index contributed by atoms with van der Waals surface area (Å²) >= 11 is 0. The molecule has 0 saturated carbocycles. The van der Waals surface area contributed by atoms with Gasteiger partial charge in [0.05, 0.1) is 55.5 Å². The largest absolute Gasteiger partial charge is 0.513 e. The number of hydrogen-bond donors (Lipinski definition) is 0. The predicted molar refractivity (Wildman–Crippen MR) is 242 cm³/mol. The Kier molecular flexibility index (Phi) is 12.7. The molecule has 0 aliphatic carbocycles. The van der Waals surface area contributed by atoms with Crippen molar-refractivity contribution in [2.24, 2.45) is 0 Å². The van der Waals surface area contributed by atoms with Gasteiger partial charge in [-0.15, -0.1) is 5.54 Å². The number of piperazine rings is 1. The van der Waals surface area contributed by atoms with E-state index < -0.39 is 60.8 Å². The van der Waals surface area contributed by atoms with Crippen molar-refractivity contribution in [3.8, 4) is 40.1 Å². The molecule has 4 aromatic rings. The number of halogens is 4. The minimum atomic E-state index is -2.48. The van der Waals surface area contributed by atoms with E-state index in [9.17, 15) is 14.0 Å². The van der Waals surface area contributed by atoms with Gasteiger partial charge >= 0.3 is 18.3 Å². The highest BCUT2D eigenvalue weighted by Gasteiger charge is 2.50. The normalized spacial score (nSPS) is 21.9. The first-order valence-electron chi connectivity index (χ1n) is 22.4. The molecular weight excluding hydrogens is 863 g/mol. The Labute approximate surface area is 377 Å². The van der Waals surface area contributed by atoms with Crippen LogP contribution in [0.15, 0.2) is 24.3 Å². The van der Waals surface area contributed by atoms with Gasteiger partial charge in [0.2, 0.25) is 0 Å². The molecule has 12 nitrogen and oxygen atoms in total. The van der Waals surface area contributed by atoms with Gasteiger partial charge in [0.15, 0.2) is 17.4 Å². The highest BCUT2D eigenvalue weighted by molar-refractivity contribution is 6.90. The van der Waals surface area contributed by atoms with Gasteiger partial charge in [-0.05, 0) is 72.4 Å². The molecule has 0 radical (unpaired) electrons. The maximum atomic E-state index is 18.1. The molecule has 4 aliphatic heterocycles. The number of benzene rings is 3. The summed E-state index contributed by atoms with van der Waals surface area (Å²) in [5.41, 5.74) is 2.27. The molecule has 65 heavy (non-hydrogen) atoms. The smallest absolute Gasteiger partial charge is 0.493 e. The fourth-order valence-corrected chi connectivity index (χ4v) is 16.8. The van der Waals surface area contributed by atoms with Crippen molar-refractivity contribution in [3.63, 3.8) is 0 Å². The van der Waals surface area contributed by atoms with Crippen molar-refractivity contribution < 1.29 is 50.8 Å². The standard InChI is InChI=1S/C48H57F4N5O7Si/c1-26(2)65(27(3)4,28(5)6)18-15-34-36(50)14-11-29-19-33(64-47(59)62-9)20-35(37(29)34)38-40(51)42-39(43(60-7)41(38)52)44(55-23-31-12-13-32(24-55)57(31)46(58)61-8)54-45(53-42)63-25-48-16-10-17-56(48)22-30(49)21-48/h11,14,19-20,26-28,30-32H,10,12-13,16-17,21-25H2,1-9H3/t30-,31?,32?,48+/m1/s1. The zero-order chi connectivity index (χ0) is 46.7. The Morgan fingerprint density at radius 1 is 0.908 bits per heavy atom. The molecule has 3 aromatic carbocycles. The number of alkyl halides is 1. The second-order valence-electron chi connectivity index (χ2n) is 18.8. The molecule has 2 unspecified atom stereocenters. The summed E-state index contributed by atoms with van der Waals surface area (Å²) in [6.45, 7) is 14.3. The van der Waals surface area contributed by atoms with Crippen LogP contribution in [0.3, 0.4) is 0 Å². The van der Waals surface area contributed by atoms with E-state index >= 15 is 13.2 Å². The molecule has 4 fully saturated rings. The maximum Gasteiger partial charge on any atom is 0.513 e. The van der Waals surface area contributed by atoms with Gasteiger partial charge in [0.1, 0.15) is 43.8 Å². The van der Waals surface area contributed by atoms with E-state index in [4.69, 9.17) is 28.7 Å². The molecule has 0 N–H and O–H groups in total. The molecule has 8 rings (SSSR count). The summed E-state index contributed by atoms with van der Waals surface area (Å²) in [6.07, 6.45) is 0.569. The molecule has 0 spiro atoms. The molecule has 2 bridgehead atoms. The van der Waals surface area contributed by atoms with Crippen molar-refractivity contribution in [1.29, 1.82) is 0 Å².